The third-order valence-corrected chi connectivity index (χ3v) is 13.2. The first-order valence-corrected chi connectivity index (χ1v) is 22.4. The monoisotopic (exact) mass is 873 g/mol. The molecule has 5 N–H and O–H groups in total. The van der Waals surface area contributed by atoms with Gasteiger partial charge in [0.2, 0.25) is 27.8 Å². The van der Waals surface area contributed by atoms with Crippen molar-refractivity contribution >= 4 is 72.3 Å². The summed E-state index contributed by atoms with van der Waals surface area (Å²) in [5.41, 5.74) is 6.73. The summed E-state index contributed by atoms with van der Waals surface area (Å²) in [6.45, 7) is 8.91. The van der Waals surface area contributed by atoms with E-state index < -0.39 is 15.4 Å². The summed E-state index contributed by atoms with van der Waals surface area (Å²) in [6.07, 6.45) is 7.40. The second-order valence-corrected chi connectivity index (χ2v) is 18.3. The zero-order valence-corrected chi connectivity index (χ0v) is 35.9. The number of ether oxygens (including phenoxy) is 1. The molecule has 0 spiro atoms. The van der Waals surface area contributed by atoms with E-state index in [-0.39, 0.29) is 11.8 Å². The Labute approximate surface area is 349 Å². The molecule has 14 nitrogen and oxygen atoms in total. The number of aryl methyl sites for hydroxylation is 1. The van der Waals surface area contributed by atoms with Gasteiger partial charge in [-0.25, -0.2) is 13.4 Å². The molecule has 1 unspecified atom stereocenters. The molecule has 0 bridgehead atoms. The average molecular weight is 875 g/mol. The maximum Gasteiger partial charge on any atom is 0.236 e. The van der Waals surface area contributed by atoms with Crippen molar-refractivity contribution in [3.05, 3.63) is 87.5 Å². The molecule has 2 saturated heterocycles. The number of nitrogens with one attached hydrogen (secondary N) is 5. The van der Waals surface area contributed by atoms with E-state index in [2.05, 4.69) is 83.6 Å². The van der Waals surface area contributed by atoms with Gasteiger partial charge in [-0.2, -0.15) is 4.98 Å². The Bertz CT molecular complexity index is 2270. The fourth-order valence-electron chi connectivity index (χ4n) is 8.07. The zero-order valence-electron chi connectivity index (χ0n) is 33.5. The zero-order chi connectivity index (χ0) is 41.0. The molecule has 4 heterocycles. The molecule has 7 rings (SSSR count). The Morgan fingerprint density at radius 3 is 2.48 bits per heavy atom. The molecule has 3 aliphatic rings. The van der Waals surface area contributed by atoms with Crippen LogP contribution in [0.1, 0.15) is 54.9 Å². The van der Waals surface area contributed by atoms with Crippen molar-refractivity contribution in [2.75, 3.05) is 72.5 Å². The standard InChI is InChI=1S/C42H52BrN9O5S/c1-27-24-34(48-41-46-26-32(43)39(50-41)47-33-7-5-6-29-14-23-52(38(29)33)58(4,55)56)36(57-3)25-35(27)51-21-15-31(16-22-51)45-20-19-44-18-13-28-8-10-30(11-9-28)42(2)17-12-37(53)49-40(42)54/h5-11,24-26,31,44-45H,12-23H2,1-4H3,(H,49,53,54)(H2,46,47,48,50). The van der Waals surface area contributed by atoms with Crippen LogP contribution in [0, 0.1) is 6.92 Å². The second-order valence-electron chi connectivity index (χ2n) is 15.5. The van der Waals surface area contributed by atoms with Crippen LogP contribution in [0.2, 0.25) is 0 Å². The first-order chi connectivity index (χ1) is 27.8. The minimum atomic E-state index is -3.44. The second kappa shape index (κ2) is 17.6. The van der Waals surface area contributed by atoms with Gasteiger partial charge in [0.05, 0.1) is 40.3 Å². The average Bonchev–Trinajstić information content (AvgIpc) is 3.66. The quantitative estimate of drug-likeness (QED) is 0.0758. The van der Waals surface area contributed by atoms with Crippen LogP contribution >= 0.6 is 15.9 Å². The number of para-hydroxylation sites is 1. The molecule has 2 fully saturated rings. The normalized spacial score (nSPS) is 18.6. The van der Waals surface area contributed by atoms with Crippen LogP contribution in [-0.4, -0.2) is 88.9 Å². The van der Waals surface area contributed by atoms with E-state index in [1.807, 2.05) is 37.3 Å². The van der Waals surface area contributed by atoms with Crippen LogP contribution in [0.5, 0.6) is 5.75 Å². The van der Waals surface area contributed by atoms with Gasteiger partial charge in [0, 0.05) is 63.1 Å². The summed E-state index contributed by atoms with van der Waals surface area (Å²) in [6, 6.07) is 18.5. The number of carbonyl (C=O) groups excluding carboxylic acids is 2. The smallest absolute Gasteiger partial charge is 0.236 e. The van der Waals surface area contributed by atoms with Crippen molar-refractivity contribution in [2.24, 2.45) is 0 Å². The Morgan fingerprint density at radius 2 is 1.76 bits per heavy atom. The summed E-state index contributed by atoms with van der Waals surface area (Å²) < 4.78 is 33.0. The van der Waals surface area contributed by atoms with Crippen molar-refractivity contribution in [3.8, 4) is 5.75 Å². The van der Waals surface area contributed by atoms with Crippen molar-refractivity contribution in [2.45, 2.75) is 63.8 Å². The largest absolute Gasteiger partial charge is 0.494 e. The van der Waals surface area contributed by atoms with Crippen molar-refractivity contribution < 1.29 is 22.7 Å². The Morgan fingerprint density at radius 1 is 0.983 bits per heavy atom. The fraction of sp³-hybridized carbons (Fsp3) is 0.429. The predicted octanol–water partition coefficient (Wildman–Crippen LogP) is 5.45. The number of fused-ring (bicyclic) bond motifs is 1. The van der Waals surface area contributed by atoms with Gasteiger partial charge in [0.1, 0.15) is 11.6 Å². The summed E-state index contributed by atoms with van der Waals surface area (Å²) in [5.74, 6) is 1.12. The molecule has 3 aromatic carbocycles. The highest BCUT2D eigenvalue weighted by molar-refractivity contribution is 9.10. The van der Waals surface area contributed by atoms with E-state index in [0.717, 1.165) is 80.1 Å². The van der Waals surface area contributed by atoms with Crippen LogP contribution in [0.15, 0.2) is 65.3 Å². The number of hydrogen-bond acceptors (Lipinski definition) is 12. The van der Waals surface area contributed by atoms with Crippen molar-refractivity contribution in [1.82, 2.24) is 25.9 Å². The van der Waals surface area contributed by atoms with Crippen LogP contribution in [0.3, 0.4) is 0 Å². The minimum absolute atomic E-state index is 0.197. The molecule has 3 aliphatic heterocycles. The number of piperidine rings is 2. The number of hydrogen-bond donors (Lipinski definition) is 5. The van der Waals surface area contributed by atoms with E-state index >= 15 is 0 Å². The molecule has 2 amide bonds. The molecule has 0 aliphatic carbocycles. The number of aromatic nitrogens is 2. The van der Waals surface area contributed by atoms with Crippen LogP contribution < -0.4 is 40.5 Å². The summed E-state index contributed by atoms with van der Waals surface area (Å²) >= 11 is 3.55. The van der Waals surface area contributed by atoms with Crippen LogP contribution in [0.4, 0.5) is 34.5 Å². The van der Waals surface area contributed by atoms with E-state index in [9.17, 15) is 18.0 Å². The molecular formula is C42H52BrN9O5S. The van der Waals surface area contributed by atoms with Gasteiger partial charge in [-0.3, -0.25) is 19.2 Å². The highest BCUT2D eigenvalue weighted by Gasteiger charge is 2.39. The number of benzene rings is 3. The molecule has 0 radical (unpaired) electrons. The molecule has 308 valence electrons. The predicted molar refractivity (Wildman–Crippen MR) is 232 cm³/mol. The van der Waals surface area contributed by atoms with Gasteiger partial charge in [0.25, 0.3) is 0 Å². The first kappa shape index (κ1) is 41.4. The number of rotatable bonds is 15. The molecule has 1 aromatic heterocycles. The van der Waals surface area contributed by atoms with Gasteiger partial charge in [-0.1, -0.05) is 36.4 Å². The highest BCUT2D eigenvalue weighted by atomic mass is 79.9. The van der Waals surface area contributed by atoms with Gasteiger partial charge in [-0.15, -0.1) is 0 Å². The van der Waals surface area contributed by atoms with Gasteiger partial charge in [0.15, 0.2) is 0 Å². The Hall–Kier alpha value is -4.77. The summed E-state index contributed by atoms with van der Waals surface area (Å²) in [5, 5.41) is 16.4. The lowest BCUT2D eigenvalue weighted by atomic mass is 9.75. The number of sulfonamides is 1. The number of nitrogens with zero attached hydrogens (tertiary/aromatic N) is 4. The van der Waals surface area contributed by atoms with Crippen LogP contribution in [-0.2, 0) is 37.9 Å². The van der Waals surface area contributed by atoms with E-state index in [1.165, 1.54) is 16.1 Å². The Balaban J connectivity index is 0.880. The van der Waals surface area contributed by atoms with Gasteiger partial charge < -0.3 is 30.9 Å². The van der Waals surface area contributed by atoms with E-state index in [4.69, 9.17) is 9.72 Å². The number of amides is 2. The molecule has 16 heteroatoms. The number of methoxy groups -OCH3 is 1. The highest BCUT2D eigenvalue weighted by Crippen LogP contribution is 2.40. The lowest BCUT2D eigenvalue weighted by Gasteiger charge is -2.35. The first-order valence-electron chi connectivity index (χ1n) is 19.8. The maximum absolute atomic E-state index is 12.5. The lowest BCUT2D eigenvalue weighted by molar-refractivity contribution is -0.137. The SMILES string of the molecule is COc1cc(N2CCC(NCCNCCc3ccc(C4(C)CCC(=O)NC4=O)cc3)CC2)c(C)cc1Nc1ncc(Br)c(Nc2cccc3c2N(S(C)(=O)=O)CC3)n1. The van der Waals surface area contributed by atoms with E-state index in [0.29, 0.717) is 65.2 Å². The lowest BCUT2D eigenvalue weighted by Crippen LogP contribution is -2.49. The molecule has 4 aromatic rings. The number of imide groups is 1. The van der Waals surface area contributed by atoms with Gasteiger partial charge in [-0.05, 0) is 103 Å². The van der Waals surface area contributed by atoms with Crippen molar-refractivity contribution in [1.29, 1.82) is 0 Å². The fourth-order valence-corrected chi connectivity index (χ4v) is 9.33. The molecular weight excluding hydrogens is 822 g/mol. The third kappa shape index (κ3) is 9.25. The molecule has 0 saturated carbocycles. The van der Waals surface area contributed by atoms with Crippen LogP contribution in [0.25, 0.3) is 0 Å². The molecule has 58 heavy (non-hydrogen) atoms. The number of carbonyl (C=O) groups is 2. The number of halogens is 1. The van der Waals surface area contributed by atoms with Gasteiger partial charge >= 0.3 is 0 Å². The number of anilines is 6. The topological polar surface area (TPSA) is 170 Å². The third-order valence-electron chi connectivity index (χ3n) is 11.5. The minimum Gasteiger partial charge on any atom is -0.494 e. The molecule has 1 atom stereocenters. The van der Waals surface area contributed by atoms with E-state index in [1.54, 1.807) is 13.3 Å². The summed E-state index contributed by atoms with van der Waals surface area (Å²) in [7, 11) is -1.78. The maximum atomic E-state index is 12.5. The van der Waals surface area contributed by atoms with Crippen molar-refractivity contribution in [3.63, 3.8) is 0 Å². The summed E-state index contributed by atoms with van der Waals surface area (Å²) in [4.78, 5) is 35.7. The Kier molecular flexibility index (Phi) is 12.6.